The molecule has 0 saturated heterocycles. The predicted octanol–water partition coefficient (Wildman–Crippen LogP) is 2.78. The van der Waals surface area contributed by atoms with Crippen molar-refractivity contribution in [3.05, 3.63) is 23.7 Å². The minimum Gasteiger partial charge on any atom is -0.465 e. The van der Waals surface area contributed by atoms with E-state index >= 15 is 0 Å². The molecule has 0 unspecified atom stereocenters. The van der Waals surface area contributed by atoms with Gasteiger partial charge >= 0.3 is 0 Å². The van der Waals surface area contributed by atoms with Crippen LogP contribution in [0, 0.1) is 12.3 Å². The number of aryl methyl sites for hydroxylation is 1. The van der Waals surface area contributed by atoms with Crippen molar-refractivity contribution in [3.63, 3.8) is 0 Å². The summed E-state index contributed by atoms with van der Waals surface area (Å²) in [6.07, 6.45) is 0. The molecule has 1 heterocycles. The molecular formula is C14H26N2O. The lowest BCUT2D eigenvalue weighted by atomic mass is 9.75. The standard InChI is InChI=1S/C14H26N2O/c1-11-7-8-12(17-11)9-16(6)10-13(2,3)14(4,5)15/h7-8H,9-10,15H2,1-6H3. The van der Waals surface area contributed by atoms with Crippen LogP contribution in [-0.4, -0.2) is 24.0 Å². The molecule has 0 bridgehead atoms. The molecule has 0 spiro atoms. The van der Waals surface area contributed by atoms with Gasteiger partial charge in [0, 0.05) is 12.1 Å². The molecule has 1 aromatic heterocycles. The first-order valence-corrected chi connectivity index (χ1v) is 6.14. The number of hydrogen-bond donors (Lipinski definition) is 1. The topological polar surface area (TPSA) is 42.4 Å². The highest BCUT2D eigenvalue weighted by molar-refractivity contribution is 5.05. The normalized spacial score (nSPS) is 13.4. The van der Waals surface area contributed by atoms with Gasteiger partial charge in [0.2, 0.25) is 0 Å². The van der Waals surface area contributed by atoms with Gasteiger partial charge in [0.1, 0.15) is 11.5 Å². The fourth-order valence-electron chi connectivity index (χ4n) is 1.77. The van der Waals surface area contributed by atoms with Crippen LogP contribution in [0.1, 0.15) is 39.2 Å². The highest BCUT2D eigenvalue weighted by atomic mass is 16.3. The third kappa shape index (κ3) is 3.86. The fraction of sp³-hybridized carbons (Fsp3) is 0.714. The zero-order chi connectivity index (χ0) is 13.3. The summed E-state index contributed by atoms with van der Waals surface area (Å²) in [5.74, 6) is 1.97. The van der Waals surface area contributed by atoms with Crippen LogP contribution in [0.5, 0.6) is 0 Å². The second-order valence-electron chi connectivity index (χ2n) is 6.29. The SMILES string of the molecule is Cc1ccc(CN(C)CC(C)(C)C(C)(C)N)o1. The molecule has 0 aliphatic carbocycles. The number of hydrogen-bond acceptors (Lipinski definition) is 3. The summed E-state index contributed by atoms with van der Waals surface area (Å²) >= 11 is 0. The van der Waals surface area contributed by atoms with Crippen LogP contribution in [-0.2, 0) is 6.54 Å². The zero-order valence-electron chi connectivity index (χ0n) is 12.0. The molecule has 17 heavy (non-hydrogen) atoms. The molecule has 0 atom stereocenters. The minimum absolute atomic E-state index is 0.0589. The van der Waals surface area contributed by atoms with E-state index in [1.807, 2.05) is 19.1 Å². The third-order valence-electron chi connectivity index (χ3n) is 3.63. The van der Waals surface area contributed by atoms with Crippen LogP contribution >= 0.6 is 0 Å². The molecular weight excluding hydrogens is 212 g/mol. The van der Waals surface area contributed by atoms with Crippen LogP contribution < -0.4 is 5.73 Å². The van der Waals surface area contributed by atoms with Crippen LogP contribution in [0.3, 0.4) is 0 Å². The van der Waals surface area contributed by atoms with Gasteiger partial charge in [-0.05, 0) is 45.4 Å². The molecule has 0 aromatic carbocycles. The summed E-state index contributed by atoms with van der Waals surface area (Å²) in [6.45, 7) is 12.3. The van der Waals surface area contributed by atoms with Crippen molar-refractivity contribution in [2.24, 2.45) is 11.1 Å². The molecule has 1 aromatic rings. The maximum Gasteiger partial charge on any atom is 0.118 e. The van der Waals surface area contributed by atoms with Gasteiger partial charge in [0.25, 0.3) is 0 Å². The Morgan fingerprint density at radius 1 is 1.24 bits per heavy atom. The van der Waals surface area contributed by atoms with Crippen molar-refractivity contribution in [2.75, 3.05) is 13.6 Å². The minimum atomic E-state index is -0.194. The van der Waals surface area contributed by atoms with Crippen molar-refractivity contribution in [1.29, 1.82) is 0 Å². The largest absolute Gasteiger partial charge is 0.465 e. The second-order valence-corrected chi connectivity index (χ2v) is 6.29. The number of rotatable bonds is 5. The lowest BCUT2D eigenvalue weighted by Gasteiger charge is -2.41. The van der Waals surface area contributed by atoms with Crippen LogP contribution in [0.2, 0.25) is 0 Å². The number of furan rings is 1. The molecule has 1 rings (SSSR count). The van der Waals surface area contributed by atoms with Gasteiger partial charge in [-0.2, -0.15) is 0 Å². The summed E-state index contributed by atoms with van der Waals surface area (Å²) in [4.78, 5) is 2.26. The van der Waals surface area contributed by atoms with Gasteiger partial charge in [0.05, 0.1) is 6.54 Å². The molecule has 3 nitrogen and oxygen atoms in total. The fourth-order valence-corrected chi connectivity index (χ4v) is 1.77. The Morgan fingerprint density at radius 2 is 1.82 bits per heavy atom. The van der Waals surface area contributed by atoms with E-state index in [2.05, 4.69) is 39.6 Å². The lowest BCUT2D eigenvalue weighted by molar-refractivity contribution is 0.121. The van der Waals surface area contributed by atoms with Crippen molar-refractivity contribution < 1.29 is 4.42 Å². The van der Waals surface area contributed by atoms with E-state index < -0.39 is 0 Å². The first-order valence-electron chi connectivity index (χ1n) is 6.14. The van der Waals surface area contributed by atoms with E-state index in [1.165, 1.54) is 0 Å². The average molecular weight is 238 g/mol. The Hall–Kier alpha value is -0.800. The summed E-state index contributed by atoms with van der Waals surface area (Å²) < 4.78 is 5.58. The summed E-state index contributed by atoms with van der Waals surface area (Å²) in [5, 5.41) is 0. The summed E-state index contributed by atoms with van der Waals surface area (Å²) in [7, 11) is 2.10. The number of nitrogens with zero attached hydrogens (tertiary/aromatic N) is 1. The monoisotopic (exact) mass is 238 g/mol. The quantitative estimate of drug-likeness (QED) is 0.857. The van der Waals surface area contributed by atoms with Crippen molar-refractivity contribution >= 4 is 0 Å². The number of nitrogens with two attached hydrogens (primary N) is 1. The molecule has 0 aliphatic rings. The van der Waals surface area contributed by atoms with Gasteiger partial charge < -0.3 is 10.2 Å². The molecule has 0 saturated carbocycles. The lowest BCUT2D eigenvalue weighted by Crippen LogP contribution is -2.52. The van der Waals surface area contributed by atoms with Gasteiger partial charge in [-0.1, -0.05) is 13.8 Å². The smallest absolute Gasteiger partial charge is 0.118 e. The average Bonchev–Trinajstić information content (AvgIpc) is 2.47. The van der Waals surface area contributed by atoms with Crippen molar-refractivity contribution in [2.45, 2.75) is 46.7 Å². The molecule has 2 N–H and O–H groups in total. The Balaban J connectivity index is 2.58. The van der Waals surface area contributed by atoms with E-state index in [9.17, 15) is 0 Å². The molecule has 0 amide bonds. The molecule has 3 heteroatoms. The molecule has 0 aliphatic heterocycles. The maximum absolute atomic E-state index is 6.21. The van der Waals surface area contributed by atoms with E-state index in [1.54, 1.807) is 0 Å². The predicted molar refractivity (Wildman–Crippen MR) is 71.8 cm³/mol. The Labute approximate surface area is 105 Å². The Bertz CT molecular complexity index is 361. The van der Waals surface area contributed by atoms with E-state index in [4.69, 9.17) is 10.2 Å². The van der Waals surface area contributed by atoms with Crippen molar-refractivity contribution in [1.82, 2.24) is 4.90 Å². The van der Waals surface area contributed by atoms with Crippen molar-refractivity contribution in [3.8, 4) is 0 Å². The Morgan fingerprint density at radius 3 is 2.24 bits per heavy atom. The van der Waals surface area contributed by atoms with Crippen LogP contribution in [0.4, 0.5) is 0 Å². The Kier molecular flexibility index (Phi) is 4.05. The van der Waals surface area contributed by atoms with E-state index in [0.29, 0.717) is 0 Å². The maximum atomic E-state index is 6.21. The van der Waals surface area contributed by atoms with Crippen LogP contribution in [0.25, 0.3) is 0 Å². The summed E-state index contributed by atoms with van der Waals surface area (Å²) in [6, 6.07) is 4.04. The molecule has 0 radical (unpaired) electrons. The highest BCUT2D eigenvalue weighted by Gasteiger charge is 2.34. The second kappa shape index (κ2) is 4.83. The summed E-state index contributed by atoms with van der Waals surface area (Å²) in [5.41, 5.74) is 6.07. The van der Waals surface area contributed by atoms with Crippen LogP contribution in [0.15, 0.2) is 16.5 Å². The first kappa shape index (κ1) is 14.3. The van der Waals surface area contributed by atoms with Gasteiger partial charge in [-0.25, -0.2) is 0 Å². The first-order chi connectivity index (χ1) is 7.62. The van der Waals surface area contributed by atoms with Gasteiger partial charge in [0.15, 0.2) is 0 Å². The molecule has 98 valence electrons. The van der Waals surface area contributed by atoms with E-state index in [-0.39, 0.29) is 11.0 Å². The van der Waals surface area contributed by atoms with E-state index in [0.717, 1.165) is 24.6 Å². The highest BCUT2D eigenvalue weighted by Crippen LogP contribution is 2.29. The van der Waals surface area contributed by atoms with Gasteiger partial charge in [-0.15, -0.1) is 0 Å². The zero-order valence-corrected chi connectivity index (χ0v) is 12.0. The third-order valence-corrected chi connectivity index (χ3v) is 3.63. The van der Waals surface area contributed by atoms with Gasteiger partial charge in [-0.3, -0.25) is 4.90 Å². The molecule has 0 fully saturated rings.